The Hall–Kier alpha value is -2.42. The molecule has 1 heterocycles. The van der Waals surface area contributed by atoms with Crippen LogP contribution in [-0.4, -0.2) is 19.3 Å². The first kappa shape index (κ1) is 21.3. The zero-order chi connectivity index (χ0) is 21.2. The van der Waals surface area contributed by atoms with Crippen LogP contribution in [0.15, 0.2) is 47.4 Å². The Labute approximate surface area is 179 Å². The highest BCUT2D eigenvalue weighted by Gasteiger charge is 2.21. The van der Waals surface area contributed by atoms with E-state index in [1.165, 1.54) is 0 Å². The molecule has 0 fully saturated rings. The topological polar surface area (TPSA) is 88.2 Å². The Kier molecular flexibility index (Phi) is 6.26. The fraction of sp³-hybridized carbons (Fsp3) is 0.200. The number of anilines is 1. The molecule has 0 bridgehead atoms. The molecule has 0 aliphatic heterocycles. The Morgan fingerprint density at radius 2 is 1.86 bits per heavy atom. The van der Waals surface area contributed by atoms with Gasteiger partial charge in [0.25, 0.3) is 15.9 Å². The molecule has 29 heavy (non-hydrogen) atoms. The first-order chi connectivity index (χ1) is 13.7. The molecule has 1 aromatic heterocycles. The van der Waals surface area contributed by atoms with Crippen molar-refractivity contribution < 1.29 is 13.2 Å². The Bertz CT molecular complexity index is 1170. The molecule has 0 saturated carbocycles. The first-order valence-electron chi connectivity index (χ1n) is 8.76. The molecule has 0 aliphatic rings. The summed E-state index contributed by atoms with van der Waals surface area (Å²) < 4.78 is 27.9. The van der Waals surface area contributed by atoms with Crippen molar-refractivity contribution in [3.63, 3.8) is 0 Å². The van der Waals surface area contributed by atoms with Crippen LogP contribution in [0.1, 0.15) is 32.1 Å². The lowest BCUT2D eigenvalue weighted by molar-refractivity contribution is 0.0954. The number of nitrogens with one attached hydrogen (secondary N) is 2. The highest BCUT2D eigenvalue weighted by molar-refractivity contribution is 7.93. The lowest BCUT2D eigenvalue weighted by Gasteiger charge is -2.08. The summed E-state index contributed by atoms with van der Waals surface area (Å²) in [6, 6.07) is 12.3. The number of nitrogens with zero attached hydrogens (tertiary/aromatic N) is 1. The number of aromatic nitrogens is 1. The fourth-order valence-corrected chi connectivity index (χ4v) is 5.37. The molecular formula is C20H20ClN3O3S2. The third-order valence-corrected chi connectivity index (χ3v) is 7.31. The van der Waals surface area contributed by atoms with Gasteiger partial charge >= 0.3 is 0 Å². The number of halogens is 1. The maximum atomic E-state index is 12.7. The first-order valence-corrected chi connectivity index (χ1v) is 11.4. The van der Waals surface area contributed by atoms with E-state index in [1.807, 2.05) is 25.1 Å². The van der Waals surface area contributed by atoms with Crippen molar-refractivity contribution in [2.45, 2.75) is 32.2 Å². The molecule has 0 spiro atoms. The van der Waals surface area contributed by atoms with Crippen molar-refractivity contribution in [3.05, 3.63) is 74.7 Å². The Morgan fingerprint density at radius 3 is 2.55 bits per heavy atom. The van der Waals surface area contributed by atoms with Crippen LogP contribution in [0.25, 0.3) is 0 Å². The van der Waals surface area contributed by atoms with Crippen molar-refractivity contribution >= 4 is 44.0 Å². The van der Waals surface area contributed by atoms with Gasteiger partial charge in [-0.3, -0.25) is 9.52 Å². The second-order valence-electron chi connectivity index (χ2n) is 6.58. The molecule has 0 atom stereocenters. The molecule has 3 aromatic rings. The molecule has 0 saturated heterocycles. The Balaban J connectivity index is 1.76. The predicted molar refractivity (Wildman–Crippen MR) is 116 cm³/mol. The van der Waals surface area contributed by atoms with Crippen LogP contribution in [-0.2, 0) is 16.6 Å². The number of rotatable bonds is 6. The molecular weight excluding hydrogens is 430 g/mol. The zero-order valence-electron chi connectivity index (χ0n) is 16.1. The van der Waals surface area contributed by atoms with Crippen LogP contribution < -0.4 is 10.0 Å². The number of amides is 1. The van der Waals surface area contributed by atoms with E-state index in [0.717, 1.165) is 22.5 Å². The highest BCUT2D eigenvalue weighted by Crippen LogP contribution is 2.26. The Morgan fingerprint density at radius 1 is 1.14 bits per heavy atom. The number of benzene rings is 2. The summed E-state index contributed by atoms with van der Waals surface area (Å²) in [4.78, 5) is 17.3. The van der Waals surface area contributed by atoms with Gasteiger partial charge in [-0.05, 0) is 44.0 Å². The van der Waals surface area contributed by atoms with Crippen LogP contribution in [0.4, 0.5) is 5.13 Å². The van der Waals surface area contributed by atoms with E-state index in [9.17, 15) is 13.2 Å². The highest BCUT2D eigenvalue weighted by atomic mass is 35.5. The van der Waals surface area contributed by atoms with Crippen LogP contribution in [0, 0.1) is 20.8 Å². The van der Waals surface area contributed by atoms with Gasteiger partial charge in [-0.1, -0.05) is 58.8 Å². The molecule has 1 amide bonds. The summed E-state index contributed by atoms with van der Waals surface area (Å²) in [7, 11) is -3.80. The van der Waals surface area contributed by atoms with E-state index < -0.39 is 10.0 Å². The number of hydrogen-bond acceptors (Lipinski definition) is 5. The average Bonchev–Trinajstić information content (AvgIpc) is 3.00. The molecule has 2 aromatic carbocycles. The minimum Gasteiger partial charge on any atom is -0.347 e. The van der Waals surface area contributed by atoms with Crippen LogP contribution in [0.2, 0.25) is 5.02 Å². The van der Waals surface area contributed by atoms with Gasteiger partial charge in [0.15, 0.2) is 5.13 Å². The molecule has 9 heteroatoms. The van der Waals surface area contributed by atoms with Gasteiger partial charge in [0.05, 0.1) is 10.6 Å². The number of thiazole rings is 1. The average molecular weight is 450 g/mol. The molecule has 0 unspecified atom stereocenters. The van der Waals surface area contributed by atoms with E-state index in [1.54, 1.807) is 38.1 Å². The quantitative estimate of drug-likeness (QED) is 0.581. The molecule has 0 radical (unpaired) electrons. The molecule has 2 N–H and O–H groups in total. The third kappa shape index (κ3) is 4.95. The smallest absolute Gasteiger partial charge is 0.263 e. The summed E-state index contributed by atoms with van der Waals surface area (Å²) in [5, 5.41) is 3.50. The van der Waals surface area contributed by atoms with E-state index >= 15 is 0 Å². The van der Waals surface area contributed by atoms with Gasteiger partial charge in [-0.15, -0.1) is 0 Å². The maximum Gasteiger partial charge on any atom is 0.263 e. The van der Waals surface area contributed by atoms with Gasteiger partial charge in [-0.25, -0.2) is 13.4 Å². The van der Waals surface area contributed by atoms with Crippen LogP contribution >= 0.6 is 22.9 Å². The predicted octanol–water partition coefficient (Wildman–Crippen LogP) is 4.45. The van der Waals surface area contributed by atoms with Crippen molar-refractivity contribution in [2.75, 3.05) is 4.72 Å². The maximum absolute atomic E-state index is 12.7. The van der Waals surface area contributed by atoms with Gasteiger partial charge in [0.2, 0.25) is 0 Å². The van der Waals surface area contributed by atoms with E-state index in [0.29, 0.717) is 21.2 Å². The number of aryl methyl sites for hydroxylation is 3. The van der Waals surface area contributed by atoms with Gasteiger partial charge < -0.3 is 5.32 Å². The molecule has 152 valence electrons. The number of hydrogen-bond donors (Lipinski definition) is 2. The second-order valence-corrected chi connectivity index (χ2v) is 9.64. The van der Waals surface area contributed by atoms with Gasteiger partial charge in [0.1, 0.15) is 4.88 Å². The lowest BCUT2D eigenvalue weighted by Crippen LogP contribution is -2.22. The number of sulfonamides is 1. The number of carbonyl (C=O) groups is 1. The lowest BCUT2D eigenvalue weighted by atomic mass is 10.2. The zero-order valence-corrected chi connectivity index (χ0v) is 18.5. The van der Waals surface area contributed by atoms with Crippen LogP contribution in [0.5, 0.6) is 0 Å². The van der Waals surface area contributed by atoms with Crippen LogP contribution in [0.3, 0.4) is 0 Å². The summed E-state index contributed by atoms with van der Waals surface area (Å²) >= 11 is 7.10. The van der Waals surface area contributed by atoms with Crippen molar-refractivity contribution in [3.8, 4) is 0 Å². The fourth-order valence-electron chi connectivity index (χ4n) is 2.82. The van der Waals surface area contributed by atoms with E-state index in [4.69, 9.17) is 11.6 Å². The van der Waals surface area contributed by atoms with E-state index in [2.05, 4.69) is 15.0 Å². The second kappa shape index (κ2) is 8.52. The minimum absolute atomic E-state index is 0.144. The van der Waals surface area contributed by atoms with E-state index in [-0.39, 0.29) is 22.5 Å². The van der Waals surface area contributed by atoms with Crippen molar-refractivity contribution in [2.24, 2.45) is 0 Å². The molecule has 3 rings (SSSR count). The largest absolute Gasteiger partial charge is 0.347 e. The van der Waals surface area contributed by atoms with Crippen molar-refractivity contribution in [1.82, 2.24) is 10.3 Å². The third-order valence-electron chi connectivity index (χ3n) is 4.24. The molecule has 6 nitrogen and oxygen atoms in total. The standard InChI is InChI=1S/C20H20ClN3O3S2/c1-12-8-9-17(13(2)10-12)29(26,27)24-20-23-14(3)18(28-20)19(25)22-11-15-6-4-5-7-16(15)21/h4-10H,11H2,1-3H3,(H,22,25)(H,23,24). The van der Waals surface area contributed by atoms with Crippen molar-refractivity contribution in [1.29, 1.82) is 0 Å². The summed E-state index contributed by atoms with van der Waals surface area (Å²) in [6.07, 6.45) is 0. The summed E-state index contributed by atoms with van der Waals surface area (Å²) in [6.45, 7) is 5.56. The van der Waals surface area contributed by atoms with Gasteiger partial charge in [-0.2, -0.15) is 0 Å². The SMILES string of the molecule is Cc1ccc(S(=O)(=O)Nc2nc(C)c(C(=O)NCc3ccccc3Cl)s2)c(C)c1. The summed E-state index contributed by atoms with van der Waals surface area (Å²) in [5.74, 6) is -0.336. The van der Waals surface area contributed by atoms with Gasteiger partial charge in [0, 0.05) is 11.6 Å². The molecule has 0 aliphatic carbocycles. The monoisotopic (exact) mass is 449 g/mol. The number of carbonyl (C=O) groups excluding carboxylic acids is 1. The normalized spacial score (nSPS) is 11.3. The minimum atomic E-state index is -3.80. The summed E-state index contributed by atoms with van der Waals surface area (Å²) in [5.41, 5.74) is 2.86.